The zero-order valence-electron chi connectivity index (χ0n) is 12.2. The number of ether oxygens (including phenoxy) is 1. The molecule has 0 aliphatic rings. The summed E-state index contributed by atoms with van der Waals surface area (Å²) in [5.74, 6) is 0.943. The average Bonchev–Trinajstić information content (AvgIpc) is 2.81. The summed E-state index contributed by atoms with van der Waals surface area (Å²) >= 11 is 0. The van der Waals surface area contributed by atoms with E-state index in [1.807, 2.05) is 22.8 Å². The normalized spacial score (nSPS) is 11.2. The van der Waals surface area contributed by atoms with Gasteiger partial charge in [-0.2, -0.15) is 0 Å². The quantitative estimate of drug-likeness (QED) is 0.672. The first-order valence-electron chi connectivity index (χ1n) is 6.93. The van der Waals surface area contributed by atoms with Crippen molar-refractivity contribution in [1.82, 2.24) is 9.55 Å². The summed E-state index contributed by atoms with van der Waals surface area (Å²) in [7, 11) is 1.40. The van der Waals surface area contributed by atoms with Crippen LogP contribution in [0.1, 0.15) is 38.4 Å². The standard InChI is InChI=1S/C15H21N3O2/c1-4-10(5-2)15-17-14-11(16)7-6-8-12(14)18(15)9-13(19)20-3/h6-8,10H,4-5,9,16H2,1-3H3. The molecule has 0 bridgehead atoms. The molecule has 0 saturated heterocycles. The van der Waals surface area contributed by atoms with Crippen LogP contribution in [-0.2, 0) is 16.1 Å². The van der Waals surface area contributed by atoms with Gasteiger partial charge in [0.25, 0.3) is 0 Å². The number of benzene rings is 1. The molecular formula is C15H21N3O2. The summed E-state index contributed by atoms with van der Waals surface area (Å²) in [4.78, 5) is 16.3. The first-order chi connectivity index (χ1) is 9.62. The fourth-order valence-corrected chi connectivity index (χ4v) is 2.51. The van der Waals surface area contributed by atoms with Crippen LogP contribution in [0, 0.1) is 0 Å². The first-order valence-corrected chi connectivity index (χ1v) is 6.93. The maximum atomic E-state index is 11.7. The Kier molecular flexibility index (Phi) is 4.27. The van der Waals surface area contributed by atoms with E-state index < -0.39 is 0 Å². The lowest BCUT2D eigenvalue weighted by Gasteiger charge is -2.14. The fraction of sp³-hybridized carbons (Fsp3) is 0.467. The number of carbonyl (C=O) groups is 1. The predicted molar refractivity (Wildman–Crippen MR) is 79.5 cm³/mol. The van der Waals surface area contributed by atoms with Crippen molar-refractivity contribution in [3.05, 3.63) is 24.0 Å². The zero-order valence-corrected chi connectivity index (χ0v) is 12.2. The minimum absolute atomic E-state index is 0.169. The maximum absolute atomic E-state index is 11.7. The van der Waals surface area contributed by atoms with Gasteiger partial charge in [-0.25, -0.2) is 4.98 Å². The third-order valence-corrected chi connectivity index (χ3v) is 3.71. The molecule has 0 aliphatic carbocycles. The van der Waals surface area contributed by atoms with E-state index in [0.29, 0.717) is 11.6 Å². The number of nitrogen functional groups attached to an aromatic ring is 1. The SMILES string of the molecule is CCC(CC)c1nc2c(N)cccc2n1CC(=O)OC. The Morgan fingerprint density at radius 1 is 1.40 bits per heavy atom. The number of hydrogen-bond acceptors (Lipinski definition) is 4. The van der Waals surface area contributed by atoms with Crippen LogP contribution in [0.15, 0.2) is 18.2 Å². The van der Waals surface area contributed by atoms with Gasteiger partial charge in [-0.3, -0.25) is 4.79 Å². The number of para-hydroxylation sites is 1. The van der Waals surface area contributed by atoms with Gasteiger partial charge in [0, 0.05) is 5.92 Å². The Balaban J connectivity index is 2.62. The van der Waals surface area contributed by atoms with Gasteiger partial charge in [-0.1, -0.05) is 19.9 Å². The number of rotatable bonds is 5. The van der Waals surface area contributed by atoms with E-state index in [1.165, 1.54) is 7.11 Å². The molecular weight excluding hydrogens is 254 g/mol. The number of imidazole rings is 1. The second-order valence-corrected chi connectivity index (χ2v) is 4.86. The molecule has 0 radical (unpaired) electrons. The van der Waals surface area contributed by atoms with E-state index in [2.05, 4.69) is 18.8 Å². The largest absolute Gasteiger partial charge is 0.468 e. The highest BCUT2D eigenvalue weighted by atomic mass is 16.5. The minimum Gasteiger partial charge on any atom is -0.468 e. The number of esters is 1. The summed E-state index contributed by atoms with van der Waals surface area (Å²) in [6.07, 6.45) is 1.95. The predicted octanol–water partition coefficient (Wildman–Crippen LogP) is 2.70. The highest BCUT2D eigenvalue weighted by Gasteiger charge is 2.20. The number of fused-ring (bicyclic) bond motifs is 1. The van der Waals surface area contributed by atoms with Crippen LogP contribution in [0.25, 0.3) is 11.0 Å². The van der Waals surface area contributed by atoms with Crippen LogP contribution in [-0.4, -0.2) is 22.6 Å². The second-order valence-electron chi connectivity index (χ2n) is 4.86. The van der Waals surface area contributed by atoms with Crippen molar-refractivity contribution in [1.29, 1.82) is 0 Å². The van der Waals surface area contributed by atoms with Gasteiger partial charge in [0.1, 0.15) is 17.9 Å². The molecule has 0 saturated carbocycles. The van der Waals surface area contributed by atoms with E-state index in [1.54, 1.807) is 0 Å². The summed E-state index contributed by atoms with van der Waals surface area (Å²) in [6.45, 7) is 4.42. The Morgan fingerprint density at radius 3 is 2.70 bits per heavy atom. The summed E-state index contributed by atoms with van der Waals surface area (Å²) in [5, 5.41) is 0. The molecule has 108 valence electrons. The minimum atomic E-state index is -0.279. The number of aromatic nitrogens is 2. The number of nitrogens with zero attached hydrogens (tertiary/aromatic N) is 2. The number of nitrogens with two attached hydrogens (primary N) is 1. The van der Waals surface area contributed by atoms with E-state index in [0.717, 1.165) is 29.7 Å². The van der Waals surface area contributed by atoms with Crippen LogP contribution in [0.4, 0.5) is 5.69 Å². The van der Waals surface area contributed by atoms with Crippen LogP contribution >= 0.6 is 0 Å². The molecule has 2 rings (SSSR count). The molecule has 2 aromatic rings. The lowest BCUT2D eigenvalue weighted by molar-refractivity contribution is -0.141. The van der Waals surface area contributed by atoms with Crippen LogP contribution in [0.5, 0.6) is 0 Å². The molecule has 0 unspecified atom stereocenters. The molecule has 0 atom stereocenters. The number of anilines is 1. The fourth-order valence-electron chi connectivity index (χ4n) is 2.51. The Bertz CT molecular complexity index is 615. The van der Waals surface area contributed by atoms with Crippen LogP contribution in [0.3, 0.4) is 0 Å². The molecule has 1 aromatic heterocycles. The lowest BCUT2D eigenvalue weighted by atomic mass is 10.0. The van der Waals surface area contributed by atoms with Crippen molar-refractivity contribution in [3.63, 3.8) is 0 Å². The van der Waals surface area contributed by atoms with Gasteiger partial charge in [-0.15, -0.1) is 0 Å². The molecule has 20 heavy (non-hydrogen) atoms. The highest BCUT2D eigenvalue weighted by molar-refractivity contribution is 5.88. The lowest BCUT2D eigenvalue weighted by Crippen LogP contribution is -2.16. The smallest absolute Gasteiger partial charge is 0.325 e. The molecule has 0 amide bonds. The van der Waals surface area contributed by atoms with Crippen molar-refractivity contribution in [2.45, 2.75) is 39.2 Å². The molecule has 5 heteroatoms. The Morgan fingerprint density at radius 2 is 2.10 bits per heavy atom. The van der Waals surface area contributed by atoms with Gasteiger partial charge < -0.3 is 15.0 Å². The molecule has 0 spiro atoms. The van der Waals surface area contributed by atoms with Crippen molar-refractivity contribution in [3.8, 4) is 0 Å². The van der Waals surface area contributed by atoms with E-state index in [9.17, 15) is 4.79 Å². The third-order valence-electron chi connectivity index (χ3n) is 3.71. The van der Waals surface area contributed by atoms with Gasteiger partial charge in [0.05, 0.1) is 18.3 Å². The monoisotopic (exact) mass is 275 g/mol. The van der Waals surface area contributed by atoms with Crippen molar-refractivity contribution >= 4 is 22.7 Å². The molecule has 5 nitrogen and oxygen atoms in total. The van der Waals surface area contributed by atoms with Gasteiger partial charge >= 0.3 is 5.97 Å². The van der Waals surface area contributed by atoms with Crippen molar-refractivity contribution in [2.24, 2.45) is 0 Å². The molecule has 0 fully saturated rings. The van der Waals surface area contributed by atoms with Gasteiger partial charge in [-0.05, 0) is 25.0 Å². The first kappa shape index (κ1) is 14.4. The number of hydrogen-bond donors (Lipinski definition) is 1. The van der Waals surface area contributed by atoms with E-state index >= 15 is 0 Å². The molecule has 1 aromatic carbocycles. The van der Waals surface area contributed by atoms with Crippen molar-refractivity contribution in [2.75, 3.05) is 12.8 Å². The second kappa shape index (κ2) is 5.94. The summed E-state index contributed by atoms with van der Waals surface area (Å²) < 4.78 is 6.71. The van der Waals surface area contributed by atoms with E-state index in [4.69, 9.17) is 10.5 Å². The van der Waals surface area contributed by atoms with Crippen LogP contribution < -0.4 is 5.73 Å². The molecule has 0 aliphatic heterocycles. The number of carbonyl (C=O) groups excluding carboxylic acids is 1. The van der Waals surface area contributed by atoms with Crippen molar-refractivity contribution < 1.29 is 9.53 Å². The molecule has 1 heterocycles. The highest BCUT2D eigenvalue weighted by Crippen LogP contribution is 2.29. The topological polar surface area (TPSA) is 70.1 Å². The van der Waals surface area contributed by atoms with E-state index in [-0.39, 0.29) is 12.5 Å². The average molecular weight is 275 g/mol. The summed E-state index contributed by atoms with van der Waals surface area (Å²) in [6, 6.07) is 5.64. The maximum Gasteiger partial charge on any atom is 0.325 e. The van der Waals surface area contributed by atoms with Gasteiger partial charge in [0.2, 0.25) is 0 Å². The number of methoxy groups -OCH3 is 1. The van der Waals surface area contributed by atoms with Crippen LogP contribution in [0.2, 0.25) is 0 Å². The Labute approximate surface area is 118 Å². The summed E-state index contributed by atoms with van der Waals surface area (Å²) in [5.41, 5.74) is 8.28. The van der Waals surface area contributed by atoms with Gasteiger partial charge in [0.15, 0.2) is 0 Å². The third kappa shape index (κ3) is 2.48. The zero-order chi connectivity index (χ0) is 14.7. The molecule has 2 N–H and O–H groups in total. The Hall–Kier alpha value is -2.04.